The molecule has 0 spiro atoms. The Morgan fingerprint density at radius 2 is 2.14 bits per heavy atom. The summed E-state index contributed by atoms with van der Waals surface area (Å²) in [5, 5.41) is 0.193. The highest BCUT2D eigenvalue weighted by molar-refractivity contribution is 9.10. The van der Waals surface area contributed by atoms with Crippen LogP contribution in [0.3, 0.4) is 0 Å². The van der Waals surface area contributed by atoms with E-state index in [4.69, 9.17) is 16.3 Å². The highest BCUT2D eigenvalue weighted by atomic mass is 79.9. The van der Waals surface area contributed by atoms with Gasteiger partial charge in [0.25, 0.3) is 0 Å². The molecule has 1 aliphatic rings. The van der Waals surface area contributed by atoms with Gasteiger partial charge in [0.05, 0.1) is 0 Å². The molecule has 0 unspecified atom stereocenters. The normalized spacial score (nSPS) is 25.6. The third-order valence-electron chi connectivity index (χ3n) is 2.22. The molecule has 76 valence electrons. The van der Waals surface area contributed by atoms with Gasteiger partial charge in [-0.3, -0.25) is 0 Å². The monoisotopic (exact) mass is 278 g/mol. The lowest BCUT2D eigenvalue weighted by molar-refractivity contribution is 0.118. The van der Waals surface area contributed by atoms with E-state index in [9.17, 15) is 4.39 Å². The predicted molar refractivity (Wildman–Crippen MR) is 57.4 cm³/mol. The van der Waals surface area contributed by atoms with Crippen molar-refractivity contribution in [1.29, 1.82) is 0 Å². The van der Waals surface area contributed by atoms with Crippen molar-refractivity contribution in [3.63, 3.8) is 0 Å². The molecule has 1 aromatic rings. The van der Waals surface area contributed by atoms with Crippen LogP contribution in [0.1, 0.15) is 12.8 Å². The molecule has 0 amide bonds. The molecule has 1 aromatic carbocycles. The van der Waals surface area contributed by atoms with Crippen LogP contribution in [-0.2, 0) is 0 Å². The van der Waals surface area contributed by atoms with Gasteiger partial charge in [-0.1, -0.05) is 15.9 Å². The van der Waals surface area contributed by atoms with Gasteiger partial charge in [0.15, 0.2) is 11.6 Å². The van der Waals surface area contributed by atoms with Crippen LogP contribution in [0.15, 0.2) is 22.7 Å². The molecule has 1 nitrogen and oxygen atoms in total. The van der Waals surface area contributed by atoms with Gasteiger partial charge in [0.1, 0.15) is 6.10 Å². The number of hydrogen-bond donors (Lipinski definition) is 0. The molecule has 0 aromatic heterocycles. The Balaban J connectivity index is 2.02. The van der Waals surface area contributed by atoms with Crippen molar-refractivity contribution in [2.24, 2.45) is 0 Å². The second-order valence-electron chi connectivity index (χ2n) is 3.38. The van der Waals surface area contributed by atoms with E-state index < -0.39 is 0 Å². The fraction of sp³-hybridized carbons (Fsp3) is 0.400. The fourth-order valence-corrected chi connectivity index (χ4v) is 2.08. The number of benzene rings is 1. The number of rotatable bonds is 2. The Morgan fingerprint density at radius 1 is 1.43 bits per heavy atom. The topological polar surface area (TPSA) is 9.23 Å². The van der Waals surface area contributed by atoms with Crippen LogP contribution in [-0.4, -0.2) is 11.5 Å². The number of halogens is 3. The first kappa shape index (κ1) is 10.2. The molecule has 0 aliphatic heterocycles. The molecular weight excluding hydrogens is 270 g/mol. The first-order valence-electron chi connectivity index (χ1n) is 4.41. The maximum absolute atomic E-state index is 13.3. The third kappa shape index (κ3) is 2.20. The fourth-order valence-electron chi connectivity index (χ4n) is 1.35. The number of hydrogen-bond acceptors (Lipinski definition) is 1. The summed E-state index contributed by atoms with van der Waals surface area (Å²) in [5.74, 6) is -0.0286. The lowest BCUT2D eigenvalue weighted by atomic mass is 9.95. The Hall–Kier alpha value is -0.280. The third-order valence-corrected chi connectivity index (χ3v) is 3.07. The van der Waals surface area contributed by atoms with Crippen LogP contribution < -0.4 is 4.74 Å². The zero-order valence-electron chi connectivity index (χ0n) is 7.34. The highest BCUT2D eigenvalue weighted by Gasteiger charge is 2.29. The van der Waals surface area contributed by atoms with Crippen LogP contribution in [0.25, 0.3) is 0 Å². The molecule has 0 heterocycles. The van der Waals surface area contributed by atoms with E-state index in [1.807, 2.05) is 0 Å². The lowest BCUT2D eigenvalue weighted by Crippen LogP contribution is -2.34. The Labute approximate surface area is 95.3 Å². The quantitative estimate of drug-likeness (QED) is 0.750. The van der Waals surface area contributed by atoms with Crippen molar-refractivity contribution >= 4 is 27.5 Å². The second-order valence-corrected chi connectivity index (χ2v) is 4.92. The van der Waals surface area contributed by atoms with Crippen molar-refractivity contribution in [3.05, 3.63) is 28.5 Å². The smallest absolute Gasteiger partial charge is 0.166 e. The molecule has 2 rings (SSSR count). The van der Waals surface area contributed by atoms with Crippen LogP contribution in [0.5, 0.6) is 5.75 Å². The van der Waals surface area contributed by atoms with Gasteiger partial charge in [-0.05, 0) is 18.2 Å². The van der Waals surface area contributed by atoms with E-state index in [0.29, 0.717) is 10.2 Å². The van der Waals surface area contributed by atoms with Gasteiger partial charge < -0.3 is 4.74 Å². The van der Waals surface area contributed by atoms with Crippen molar-refractivity contribution in [3.8, 4) is 5.75 Å². The summed E-state index contributed by atoms with van der Waals surface area (Å²) in [6, 6.07) is 4.78. The Kier molecular flexibility index (Phi) is 2.98. The SMILES string of the molecule is Fc1cc(Br)ccc1OC1CC(Cl)C1. The van der Waals surface area contributed by atoms with Gasteiger partial charge in [-0.25, -0.2) is 4.39 Å². The van der Waals surface area contributed by atoms with Gasteiger partial charge in [0, 0.05) is 22.7 Å². The summed E-state index contributed by atoms with van der Waals surface area (Å²) in [6.45, 7) is 0. The van der Waals surface area contributed by atoms with Crippen molar-refractivity contribution in [1.82, 2.24) is 0 Å². The van der Waals surface area contributed by atoms with Gasteiger partial charge >= 0.3 is 0 Å². The maximum atomic E-state index is 13.3. The van der Waals surface area contributed by atoms with Gasteiger partial charge in [-0.2, -0.15) is 0 Å². The average Bonchev–Trinajstić information content (AvgIpc) is 2.06. The van der Waals surface area contributed by atoms with Gasteiger partial charge in [-0.15, -0.1) is 11.6 Å². The van der Waals surface area contributed by atoms with Crippen molar-refractivity contribution in [2.75, 3.05) is 0 Å². The van der Waals surface area contributed by atoms with Crippen LogP contribution in [0, 0.1) is 5.82 Å². The molecule has 0 saturated heterocycles. The minimum atomic E-state index is -0.336. The van der Waals surface area contributed by atoms with Crippen molar-refractivity contribution < 1.29 is 9.13 Å². The largest absolute Gasteiger partial charge is 0.487 e. The molecule has 1 saturated carbocycles. The summed E-state index contributed by atoms with van der Waals surface area (Å²) in [5.41, 5.74) is 0. The zero-order valence-corrected chi connectivity index (χ0v) is 9.69. The Morgan fingerprint density at radius 3 is 2.71 bits per heavy atom. The predicted octanol–water partition coefficient (Wildman–Crippen LogP) is 3.74. The maximum Gasteiger partial charge on any atom is 0.166 e. The average molecular weight is 280 g/mol. The summed E-state index contributed by atoms with van der Waals surface area (Å²) < 4.78 is 19.4. The van der Waals surface area contributed by atoms with Crippen molar-refractivity contribution in [2.45, 2.75) is 24.3 Å². The summed E-state index contributed by atoms with van der Waals surface area (Å²) in [7, 11) is 0. The Bertz CT molecular complexity index is 339. The molecule has 1 aliphatic carbocycles. The van der Waals surface area contributed by atoms with Crippen LogP contribution in [0.2, 0.25) is 0 Å². The van der Waals surface area contributed by atoms with E-state index in [-0.39, 0.29) is 17.3 Å². The molecule has 0 bridgehead atoms. The van der Waals surface area contributed by atoms with E-state index in [0.717, 1.165) is 12.8 Å². The summed E-state index contributed by atoms with van der Waals surface area (Å²) in [6.07, 6.45) is 1.68. The molecular formula is C10H9BrClFO. The highest BCUT2D eigenvalue weighted by Crippen LogP contribution is 2.31. The van der Waals surface area contributed by atoms with E-state index >= 15 is 0 Å². The molecule has 0 radical (unpaired) electrons. The van der Waals surface area contributed by atoms with Crippen LogP contribution in [0.4, 0.5) is 4.39 Å². The van der Waals surface area contributed by atoms with E-state index in [1.165, 1.54) is 6.07 Å². The van der Waals surface area contributed by atoms with E-state index in [1.54, 1.807) is 12.1 Å². The molecule has 1 fully saturated rings. The molecule has 4 heteroatoms. The first-order valence-corrected chi connectivity index (χ1v) is 5.64. The minimum absolute atomic E-state index is 0.0770. The zero-order chi connectivity index (χ0) is 10.1. The second kappa shape index (κ2) is 4.07. The summed E-state index contributed by atoms with van der Waals surface area (Å²) >= 11 is 8.98. The first-order chi connectivity index (χ1) is 6.65. The van der Waals surface area contributed by atoms with E-state index in [2.05, 4.69) is 15.9 Å². The number of ether oxygens (including phenoxy) is 1. The molecule has 0 atom stereocenters. The number of alkyl halides is 1. The van der Waals surface area contributed by atoms with Gasteiger partial charge in [0.2, 0.25) is 0 Å². The lowest BCUT2D eigenvalue weighted by Gasteiger charge is -2.31. The summed E-state index contributed by atoms with van der Waals surface area (Å²) in [4.78, 5) is 0. The minimum Gasteiger partial charge on any atom is -0.487 e. The molecule has 14 heavy (non-hydrogen) atoms. The standard InChI is InChI=1S/C10H9BrClFO/c11-6-1-2-10(9(13)3-6)14-8-4-7(12)5-8/h1-3,7-8H,4-5H2. The van der Waals surface area contributed by atoms with Crippen LogP contribution >= 0.6 is 27.5 Å². The molecule has 0 N–H and O–H groups in total.